The van der Waals surface area contributed by atoms with Crippen molar-refractivity contribution in [2.24, 2.45) is 5.11 Å². The summed E-state index contributed by atoms with van der Waals surface area (Å²) in [7, 11) is 0. The molecule has 0 saturated heterocycles. The van der Waals surface area contributed by atoms with Crippen LogP contribution in [0, 0.1) is 5.53 Å². The van der Waals surface area contributed by atoms with Crippen molar-refractivity contribution in [2.45, 2.75) is 13.2 Å². The van der Waals surface area contributed by atoms with E-state index in [0.717, 1.165) is 11.1 Å². The number of rotatable bonds is 5. The summed E-state index contributed by atoms with van der Waals surface area (Å²) in [6.45, 7) is 0.729. The molecule has 110 valence electrons. The van der Waals surface area contributed by atoms with Crippen molar-refractivity contribution in [3.8, 4) is 5.88 Å². The van der Waals surface area contributed by atoms with Crippen LogP contribution in [-0.2, 0) is 13.2 Å². The Morgan fingerprint density at radius 3 is 2.77 bits per heavy atom. The van der Waals surface area contributed by atoms with Crippen LogP contribution in [0.25, 0.3) is 11.2 Å². The van der Waals surface area contributed by atoms with E-state index in [1.165, 1.54) is 6.33 Å². The number of H-pyrrole nitrogens is 1. The molecule has 0 atom stereocenters. The fourth-order valence-corrected chi connectivity index (χ4v) is 1.94. The summed E-state index contributed by atoms with van der Waals surface area (Å²) in [6, 6.07) is 7.66. The highest BCUT2D eigenvalue weighted by Gasteiger charge is 2.09. The van der Waals surface area contributed by atoms with E-state index in [-0.39, 0.29) is 5.95 Å². The van der Waals surface area contributed by atoms with Gasteiger partial charge in [-0.15, -0.1) is 0 Å². The van der Waals surface area contributed by atoms with Crippen molar-refractivity contribution < 1.29 is 4.74 Å². The molecular formula is C13H13N8O+. The first-order valence-electron chi connectivity index (χ1n) is 6.46. The van der Waals surface area contributed by atoms with E-state index in [2.05, 4.69) is 30.0 Å². The van der Waals surface area contributed by atoms with Crippen LogP contribution < -0.4 is 15.4 Å². The van der Waals surface area contributed by atoms with E-state index in [0.29, 0.717) is 30.2 Å². The van der Waals surface area contributed by atoms with E-state index in [1.807, 2.05) is 24.3 Å². The monoisotopic (exact) mass is 297 g/mol. The molecule has 1 aromatic carbocycles. The Kier molecular flexibility index (Phi) is 3.71. The van der Waals surface area contributed by atoms with Gasteiger partial charge in [-0.2, -0.15) is 9.97 Å². The van der Waals surface area contributed by atoms with Gasteiger partial charge < -0.3 is 15.5 Å². The second-order valence-electron chi connectivity index (χ2n) is 4.49. The number of nitrogens with two attached hydrogens (primary N) is 1. The number of hydrogen-bond donors (Lipinski definition) is 3. The molecule has 2 heterocycles. The number of benzene rings is 1. The van der Waals surface area contributed by atoms with E-state index in [9.17, 15) is 0 Å². The average molecular weight is 297 g/mol. The summed E-state index contributed by atoms with van der Waals surface area (Å²) in [4.78, 5) is 18.0. The summed E-state index contributed by atoms with van der Waals surface area (Å²) in [5.41, 5.74) is 15.3. The molecule has 4 N–H and O–H groups in total. The number of ether oxygens (including phenoxy) is 1. The van der Waals surface area contributed by atoms with Crippen LogP contribution in [0.2, 0.25) is 0 Å². The molecule has 3 rings (SSSR count). The lowest BCUT2D eigenvalue weighted by Crippen LogP contribution is -2.02. The molecule has 22 heavy (non-hydrogen) atoms. The molecule has 0 aliphatic carbocycles. The van der Waals surface area contributed by atoms with Crippen molar-refractivity contribution in [3.05, 3.63) is 41.7 Å². The molecule has 0 bridgehead atoms. The minimum atomic E-state index is 0.116. The van der Waals surface area contributed by atoms with Gasteiger partial charge in [0.25, 0.3) is 0 Å². The number of imidazole rings is 1. The zero-order chi connectivity index (χ0) is 15.4. The first-order chi connectivity index (χ1) is 10.8. The third-order valence-electron chi connectivity index (χ3n) is 2.99. The van der Waals surface area contributed by atoms with Crippen molar-refractivity contribution >= 4 is 17.1 Å². The second-order valence-corrected chi connectivity index (χ2v) is 4.49. The number of nitrogens with one attached hydrogen (secondary N) is 2. The van der Waals surface area contributed by atoms with Crippen LogP contribution in [0.15, 0.2) is 35.7 Å². The summed E-state index contributed by atoms with van der Waals surface area (Å²) < 4.78 is 5.69. The Balaban J connectivity index is 1.73. The van der Waals surface area contributed by atoms with Crippen molar-refractivity contribution in [3.63, 3.8) is 0 Å². The first-order valence-corrected chi connectivity index (χ1v) is 6.46. The lowest BCUT2D eigenvalue weighted by molar-refractivity contribution is 0.297. The molecular weight excluding hydrogens is 284 g/mol. The van der Waals surface area contributed by atoms with Crippen LogP contribution >= 0.6 is 0 Å². The quantitative estimate of drug-likeness (QED) is 0.484. The van der Waals surface area contributed by atoms with Gasteiger partial charge >= 0.3 is 0 Å². The third kappa shape index (κ3) is 2.89. The van der Waals surface area contributed by atoms with Gasteiger partial charge in [0.05, 0.1) is 6.33 Å². The van der Waals surface area contributed by atoms with E-state index in [4.69, 9.17) is 16.0 Å². The van der Waals surface area contributed by atoms with Crippen LogP contribution in [0.4, 0.5) is 5.95 Å². The molecule has 0 aliphatic rings. The van der Waals surface area contributed by atoms with E-state index >= 15 is 0 Å². The molecule has 0 radical (unpaired) electrons. The molecule has 2 aromatic heterocycles. The van der Waals surface area contributed by atoms with Gasteiger partial charge in [0.2, 0.25) is 16.7 Å². The lowest BCUT2D eigenvalue weighted by Gasteiger charge is -2.06. The number of aromatic amines is 1. The predicted molar refractivity (Wildman–Crippen MR) is 77.9 cm³/mol. The van der Waals surface area contributed by atoms with Gasteiger partial charge in [0.1, 0.15) is 29.3 Å². The topological polar surface area (TPSA) is 140 Å². The highest BCUT2D eigenvalue weighted by molar-refractivity contribution is 5.76. The maximum atomic E-state index is 6.63. The molecule has 0 saturated carbocycles. The molecule has 9 nitrogen and oxygen atoms in total. The van der Waals surface area contributed by atoms with Gasteiger partial charge in [-0.05, 0) is 11.1 Å². The average Bonchev–Trinajstić information content (AvgIpc) is 3.00. The standard InChI is InChI=1S/C13H12N8O/c14-13-19-11-10(16-7-17-11)12(20-13)22-6-9-3-1-8(2-4-9)5-18-21-15/h1-4,7,14H,5-6H2,(H2,15,18)/p+1. The summed E-state index contributed by atoms with van der Waals surface area (Å²) in [5, 5.41) is 3.62. The minimum absolute atomic E-state index is 0.116. The molecule has 3 aromatic rings. The Bertz CT molecular complexity index is 835. The summed E-state index contributed by atoms with van der Waals surface area (Å²) >= 11 is 0. The summed E-state index contributed by atoms with van der Waals surface area (Å²) in [5.74, 6) is 0.484. The highest BCUT2D eigenvalue weighted by Crippen LogP contribution is 2.20. The largest absolute Gasteiger partial charge is 0.471 e. The van der Waals surface area contributed by atoms with Gasteiger partial charge in [-0.3, -0.25) is 0 Å². The normalized spacial score (nSPS) is 10.4. The Hall–Kier alpha value is -3.32. The SMILES string of the molecule is N=[N+]=NCc1ccc(COc2nc(N)nc3nc[nH]c23)cc1. The molecule has 0 unspecified atom stereocenters. The Morgan fingerprint density at radius 1 is 1.23 bits per heavy atom. The number of aromatic nitrogens is 4. The van der Waals surface area contributed by atoms with Gasteiger partial charge in [-0.25, -0.2) is 4.98 Å². The minimum Gasteiger partial charge on any atom is -0.471 e. The van der Waals surface area contributed by atoms with Crippen LogP contribution in [-0.4, -0.2) is 19.9 Å². The number of fused-ring (bicyclic) bond motifs is 1. The van der Waals surface area contributed by atoms with Crippen LogP contribution in [0.1, 0.15) is 11.1 Å². The summed E-state index contributed by atoms with van der Waals surface area (Å²) in [6.07, 6.45) is 1.52. The first kappa shape index (κ1) is 13.7. The van der Waals surface area contributed by atoms with E-state index < -0.39 is 0 Å². The van der Waals surface area contributed by atoms with Crippen molar-refractivity contribution in [1.82, 2.24) is 24.8 Å². The Labute approximate surface area is 124 Å². The smallest absolute Gasteiger partial charge is 0.245 e. The van der Waals surface area contributed by atoms with Crippen LogP contribution in [0.5, 0.6) is 5.88 Å². The number of anilines is 1. The zero-order valence-corrected chi connectivity index (χ0v) is 11.5. The fourth-order valence-electron chi connectivity index (χ4n) is 1.94. The van der Waals surface area contributed by atoms with Crippen molar-refractivity contribution in [2.75, 3.05) is 5.73 Å². The second kappa shape index (κ2) is 5.98. The maximum Gasteiger partial charge on any atom is 0.245 e. The molecule has 9 heteroatoms. The Morgan fingerprint density at radius 2 is 2.00 bits per heavy atom. The molecule has 0 aliphatic heterocycles. The molecule has 0 fully saturated rings. The number of hydrogen-bond acceptors (Lipinski definition) is 7. The number of nitrogen functional groups attached to an aromatic ring is 1. The predicted octanol–water partition coefficient (Wildman–Crippen LogP) is 1.56. The third-order valence-corrected chi connectivity index (χ3v) is 2.99. The van der Waals surface area contributed by atoms with Gasteiger partial charge in [0, 0.05) is 0 Å². The van der Waals surface area contributed by atoms with Crippen molar-refractivity contribution in [1.29, 1.82) is 5.53 Å². The lowest BCUT2D eigenvalue weighted by atomic mass is 10.1. The molecule has 0 amide bonds. The van der Waals surface area contributed by atoms with Gasteiger partial charge in [0.15, 0.2) is 5.65 Å². The van der Waals surface area contributed by atoms with Crippen LogP contribution in [0.3, 0.4) is 0 Å². The number of nitrogens with zero attached hydrogens (tertiary/aromatic N) is 5. The zero-order valence-electron chi connectivity index (χ0n) is 11.5. The highest BCUT2D eigenvalue weighted by atomic mass is 16.5. The fraction of sp³-hybridized carbons (Fsp3) is 0.154. The molecule has 0 spiro atoms. The van der Waals surface area contributed by atoms with Gasteiger partial charge in [-0.1, -0.05) is 24.3 Å². The maximum absolute atomic E-state index is 6.63. The van der Waals surface area contributed by atoms with E-state index in [1.54, 1.807) is 0 Å².